The molecule has 0 fully saturated rings. The monoisotopic (exact) mass is 351 g/mol. The Hall–Kier alpha value is -2.41. The molecule has 5 nitrogen and oxygen atoms in total. The van der Waals surface area contributed by atoms with Gasteiger partial charge >= 0.3 is 5.97 Å². The number of benzene rings is 1. The Morgan fingerprint density at radius 3 is 2.42 bits per heavy atom. The maximum Gasteiger partial charge on any atom is 0.341 e. The number of thiophene rings is 1. The molecule has 1 atom stereocenters. The minimum Gasteiger partial charge on any atom is -0.481 e. The molecule has 0 radical (unpaired) electrons. The zero-order valence-electron chi connectivity index (χ0n) is 13.8. The van der Waals surface area contributed by atoms with Gasteiger partial charge in [-0.25, -0.2) is 9.18 Å². The van der Waals surface area contributed by atoms with Crippen LogP contribution in [0.5, 0.6) is 5.75 Å². The molecular weight excluding hydrogens is 333 g/mol. The van der Waals surface area contributed by atoms with Crippen LogP contribution in [0, 0.1) is 19.7 Å². The molecule has 2 rings (SSSR count). The number of hydrogen-bond donors (Lipinski definition) is 1. The second kappa shape index (κ2) is 7.44. The van der Waals surface area contributed by atoms with E-state index in [0.29, 0.717) is 16.3 Å². The molecule has 0 aliphatic rings. The third-order valence-corrected chi connectivity index (χ3v) is 4.63. The van der Waals surface area contributed by atoms with Crippen LogP contribution in [0.3, 0.4) is 0 Å². The summed E-state index contributed by atoms with van der Waals surface area (Å²) in [7, 11) is 1.29. The molecule has 1 amide bonds. The van der Waals surface area contributed by atoms with Crippen molar-refractivity contribution < 1.29 is 23.5 Å². The maximum absolute atomic E-state index is 12.9. The molecule has 0 aliphatic heterocycles. The molecule has 0 spiro atoms. The van der Waals surface area contributed by atoms with Gasteiger partial charge < -0.3 is 14.8 Å². The fourth-order valence-electron chi connectivity index (χ4n) is 2.05. The van der Waals surface area contributed by atoms with Gasteiger partial charge in [-0.1, -0.05) is 0 Å². The number of carbonyl (C=O) groups is 2. The van der Waals surface area contributed by atoms with E-state index in [1.165, 1.54) is 42.7 Å². The molecule has 1 aromatic carbocycles. The standard InChI is InChI=1S/C17H18FNO4S/c1-9-11(3)24-16(14(9)17(21)22-4)19-15(20)10(2)23-13-7-5-12(18)6-8-13/h5-8,10H,1-4H3,(H,19,20)/t10-/m0/s1. The van der Waals surface area contributed by atoms with Crippen LogP contribution < -0.4 is 10.1 Å². The van der Waals surface area contributed by atoms with Crippen molar-refractivity contribution in [2.75, 3.05) is 12.4 Å². The fourth-order valence-corrected chi connectivity index (χ4v) is 3.10. The second-order valence-corrected chi connectivity index (χ2v) is 6.41. The van der Waals surface area contributed by atoms with Gasteiger partial charge in [0, 0.05) is 4.88 Å². The number of aryl methyl sites for hydroxylation is 1. The van der Waals surface area contributed by atoms with Crippen LogP contribution >= 0.6 is 11.3 Å². The number of ether oxygens (including phenoxy) is 2. The first-order valence-corrected chi connectivity index (χ1v) is 8.06. The molecule has 0 unspecified atom stereocenters. The second-order valence-electron chi connectivity index (χ2n) is 5.18. The number of nitrogens with one attached hydrogen (secondary N) is 1. The molecule has 0 bridgehead atoms. The zero-order chi connectivity index (χ0) is 17.9. The lowest BCUT2D eigenvalue weighted by Gasteiger charge is -2.14. The average Bonchev–Trinajstić information content (AvgIpc) is 2.83. The van der Waals surface area contributed by atoms with Gasteiger partial charge in [-0.15, -0.1) is 11.3 Å². The predicted octanol–water partition coefficient (Wildman–Crippen LogP) is 3.70. The van der Waals surface area contributed by atoms with Gasteiger partial charge in [-0.3, -0.25) is 4.79 Å². The molecular formula is C17H18FNO4S. The Morgan fingerprint density at radius 1 is 1.21 bits per heavy atom. The highest BCUT2D eigenvalue weighted by atomic mass is 32.1. The van der Waals surface area contributed by atoms with Crippen LogP contribution in [0.25, 0.3) is 0 Å². The van der Waals surface area contributed by atoms with E-state index in [2.05, 4.69) is 5.32 Å². The van der Waals surface area contributed by atoms with E-state index in [-0.39, 0.29) is 5.82 Å². The van der Waals surface area contributed by atoms with Gasteiger partial charge in [0.05, 0.1) is 12.7 Å². The van der Waals surface area contributed by atoms with E-state index in [4.69, 9.17) is 9.47 Å². The molecule has 2 aromatic rings. The molecule has 0 aliphatic carbocycles. The summed E-state index contributed by atoms with van der Waals surface area (Å²) in [6, 6.07) is 5.39. The maximum atomic E-state index is 12.9. The van der Waals surface area contributed by atoms with Crippen LogP contribution in [0.2, 0.25) is 0 Å². The van der Waals surface area contributed by atoms with E-state index < -0.39 is 18.0 Å². The van der Waals surface area contributed by atoms with Crippen LogP contribution in [-0.2, 0) is 9.53 Å². The van der Waals surface area contributed by atoms with Crippen molar-refractivity contribution in [2.24, 2.45) is 0 Å². The van der Waals surface area contributed by atoms with Crippen LogP contribution in [0.1, 0.15) is 27.7 Å². The first-order valence-electron chi connectivity index (χ1n) is 7.25. The lowest BCUT2D eigenvalue weighted by Crippen LogP contribution is -2.30. The first-order chi connectivity index (χ1) is 11.3. The summed E-state index contributed by atoms with van der Waals surface area (Å²) in [5.74, 6) is -0.914. The average molecular weight is 351 g/mol. The van der Waals surface area contributed by atoms with Crippen molar-refractivity contribution in [1.29, 1.82) is 0 Å². The predicted molar refractivity (Wildman–Crippen MR) is 90.3 cm³/mol. The number of amides is 1. The Balaban J connectivity index is 2.13. The van der Waals surface area contributed by atoms with Gasteiger partial charge in [0.25, 0.3) is 5.91 Å². The zero-order valence-corrected chi connectivity index (χ0v) is 14.6. The summed E-state index contributed by atoms with van der Waals surface area (Å²) < 4.78 is 23.1. The number of anilines is 1. The summed E-state index contributed by atoms with van der Waals surface area (Å²) >= 11 is 1.30. The summed E-state index contributed by atoms with van der Waals surface area (Å²) in [6.07, 6.45) is -0.816. The van der Waals surface area contributed by atoms with Crippen LogP contribution in [0.4, 0.5) is 9.39 Å². The van der Waals surface area contributed by atoms with Crippen molar-refractivity contribution >= 4 is 28.2 Å². The smallest absolute Gasteiger partial charge is 0.341 e. The molecule has 1 heterocycles. The van der Waals surface area contributed by atoms with Crippen LogP contribution in [-0.4, -0.2) is 25.1 Å². The van der Waals surface area contributed by atoms with Crippen LogP contribution in [0.15, 0.2) is 24.3 Å². The number of rotatable bonds is 5. The Bertz CT molecular complexity index is 755. The van der Waals surface area contributed by atoms with Gasteiger partial charge in [-0.05, 0) is 50.6 Å². The van der Waals surface area contributed by atoms with Crippen molar-refractivity contribution in [3.8, 4) is 5.75 Å². The Morgan fingerprint density at radius 2 is 1.83 bits per heavy atom. The number of esters is 1. The van der Waals surface area contributed by atoms with E-state index in [1.54, 1.807) is 13.8 Å². The molecule has 1 aromatic heterocycles. The number of halogens is 1. The quantitative estimate of drug-likeness (QED) is 0.835. The van der Waals surface area contributed by atoms with E-state index in [9.17, 15) is 14.0 Å². The molecule has 0 saturated heterocycles. The van der Waals surface area contributed by atoms with Gasteiger partial charge in [-0.2, -0.15) is 0 Å². The summed E-state index contributed by atoms with van der Waals surface area (Å²) in [6.45, 7) is 5.23. The fraction of sp³-hybridized carbons (Fsp3) is 0.294. The highest BCUT2D eigenvalue weighted by Crippen LogP contribution is 2.33. The van der Waals surface area contributed by atoms with Gasteiger partial charge in [0.2, 0.25) is 0 Å². The summed E-state index contributed by atoms with van der Waals surface area (Å²) in [5, 5.41) is 3.13. The highest BCUT2D eigenvalue weighted by molar-refractivity contribution is 7.16. The summed E-state index contributed by atoms with van der Waals surface area (Å²) in [5.41, 5.74) is 1.12. The number of carbonyl (C=O) groups excluding carboxylic acids is 2. The third-order valence-electron chi connectivity index (χ3n) is 3.51. The highest BCUT2D eigenvalue weighted by Gasteiger charge is 2.24. The lowest BCUT2D eigenvalue weighted by atomic mass is 10.1. The van der Waals surface area contributed by atoms with E-state index >= 15 is 0 Å². The number of methoxy groups -OCH3 is 1. The largest absolute Gasteiger partial charge is 0.481 e. The summed E-state index contributed by atoms with van der Waals surface area (Å²) in [4.78, 5) is 25.1. The van der Waals surface area contributed by atoms with Gasteiger partial charge in [0.15, 0.2) is 6.10 Å². The van der Waals surface area contributed by atoms with Crippen molar-refractivity contribution in [3.05, 3.63) is 46.1 Å². The van der Waals surface area contributed by atoms with Gasteiger partial charge in [0.1, 0.15) is 16.6 Å². The normalized spacial score (nSPS) is 11.7. The first kappa shape index (κ1) is 17.9. The molecule has 0 saturated carbocycles. The van der Waals surface area contributed by atoms with E-state index in [1.807, 2.05) is 6.92 Å². The minimum absolute atomic E-state index is 0.349. The minimum atomic E-state index is -0.816. The molecule has 24 heavy (non-hydrogen) atoms. The molecule has 128 valence electrons. The SMILES string of the molecule is COC(=O)c1c(NC(=O)[C@H](C)Oc2ccc(F)cc2)sc(C)c1C. The Labute approximate surface area is 143 Å². The van der Waals surface area contributed by atoms with Crippen molar-refractivity contribution in [1.82, 2.24) is 0 Å². The third kappa shape index (κ3) is 3.91. The van der Waals surface area contributed by atoms with Crippen molar-refractivity contribution in [2.45, 2.75) is 26.9 Å². The van der Waals surface area contributed by atoms with E-state index in [0.717, 1.165) is 10.4 Å². The molecule has 7 heteroatoms. The Kier molecular flexibility index (Phi) is 5.56. The number of hydrogen-bond acceptors (Lipinski definition) is 5. The topological polar surface area (TPSA) is 64.6 Å². The van der Waals surface area contributed by atoms with Crippen molar-refractivity contribution in [3.63, 3.8) is 0 Å². The lowest BCUT2D eigenvalue weighted by molar-refractivity contribution is -0.122. The molecule has 1 N–H and O–H groups in total.